The first-order chi connectivity index (χ1) is 19.0. The number of hydrogen-bond acceptors (Lipinski definition) is 12. The van der Waals surface area contributed by atoms with E-state index in [0.29, 0.717) is 19.0 Å². The second-order valence-electron chi connectivity index (χ2n) is 8.76. The second kappa shape index (κ2) is 14.4. The quantitative estimate of drug-likeness (QED) is 0.0678. The van der Waals surface area contributed by atoms with Crippen LogP contribution in [0.2, 0.25) is 0 Å². The molecule has 0 amide bonds. The third-order valence-electron chi connectivity index (χ3n) is 5.82. The number of unbranched alkanes of at least 4 members (excludes halogenated alkanes) is 1. The molecule has 40 heavy (non-hydrogen) atoms. The zero-order valence-electron chi connectivity index (χ0n) is 21.0. The fourth-order valence-corrected chi connectivity index (χ4v) is 5.76. The van der Waals surface area contributed by atoms with Crippen LogP contribution in [0.1, 0.15) is 31.3 Å². The Kier molecular flexibility index (Phi) is 11.6. The molecular formula is C21H29ClFN4O12P. The number of furan rings is 1. The summed E-state index contributed by atoms with van der Waals surface area (Å²) in [6.45, 7) is -2.13. The predicted molar refractivity (Wildman–Crippen MR) is 134 cm³/mol. The van der Waals surface area contributed by atoms with Gasteiger partial charge in [0.15, 0.2) is 0 Å². The van der Waals surface area contributed by atoms with E-state index in [-0.39, 0.29) is 31.2 Å². The van der Waals surface area contributed by atoms with E-state index in [1.54, 1.807) is 4.98 Å². The fraction of sp³-hybridized carbons (Fsp3) is 0.619. The van der Waals surface area contributed by atoms with E-state index in [9.17, 15) is 44.0 Å². The highest BCUT2D eigenvalue weighted by Gasteiger charge is 2.41. The van der Waals surface area contributed by atoms with Crippen LogP contribution < -0.4 is 11.2 Å². The second-order valence-corrected chi connectivity index (χ2v) is 11.2. The minimum Gasteiger partial charge on any atom is -0.403 e. The van der Waals surface area contributed by atoms with E-state index in [1.165, 1.54) is 6.07 Å². The van der Waals surface area contributed by atoms with Gasteiger partial charge in [-0.05, 0) is 18.9 Å². The molecule has 19 heteroatoms. The number of H-pyrrole nitrogens is 1. The zero-order valence-corrected chi connectivity index (χ0v) is 22.6. The molecule has 4 N–H and O–H groups in total. The molecule has 0 saturated carbocycles. The van der Waals surface area contributed by atoms with Gasteiger partial charge in [-0.25, -0.2) is 14.0 Å². The molecule has 0 bridgehead atoms. The summed E-state index contributed by atoms with van der Waals surface area (Å²) in [6, 6.07) is 2.31. The van der Waals surface area contributed by atoms with Crippen LogP contribution in [-0.2, 0) is 25.0 Å². The van der Waals surface area contributed by atoms with Crippen molar-refractivity contribution >= 4 is 25.2 Å². The lowest BCUT2D eigenvalue weighted by molar-refractivity contribution is -0.402. The predicted octanol–water partition coefficient (Wildman–Crippen LogP) is 0.841. The number of rotatable bonds is 16. The lowest BCUT2D eigenvalue weighted by atomic mass is 10.2. The van der Waals surface area contributed by atoms with E-state index < -0.39 is 80.0 Å². The summed E-state index contributed by atoms with van der Waals surface area (Å²) in [5.74, 6) is -1.60. The Bertz CT molecular complexity index is 1300. The summed E-state index contributed by atoms with van der Waals surface area (Å²) in [5.41, 5.74) is -2.20. The summed E-state index contributed by atoms with van der Waals surface area (Å²) >= 11 is 5.74. The Morgan fingerprint density at radius 3 is 2.75 bits per heavy atom. The minimum atomic E-state index is -4.39. The molecule has 1 aliphatic heterocycles. The van der Waals surface area contributed by atoms with Gasteiger partial charge in [0.2, 0.25) is 5.82 Å². The van der Waals surface area contributed by atoms with Crippen molar-refractivity contribution in [2.45, 2.75) is 50.4 Å². The lowest BCUT2D eigenvalue weighted by Gasteiger charge is -2.32. The van der Waals surface area contributed by atoms with Crippen LogP contribution in [0.3, 0.4) is 0 Å². The van der Waals surface area contributed by atoms with Crippen molar-refractivity contribution in [3.8, 4) is 0 Å². The normalized spacial score (nSPS) is 21.5. The number of aromatic amines is 1. The molecule has 1 fully saturated rings. The van der Waals surface area contributed by atoms with Crippen LogP contribution in [0.15, 0.2) is 32.3 Å². The number of nitro groups is 1. The first-order valence-electron chi connectivity index (χ1n) is 12.0. The number of ether oxygens (including phenoxy) is 1. The number of aliphatic hydroxyl groups is 3. The van der Waals surface area contributed by atoms with Crippen LogP contribution in [0.4, 0.5) is 10.3 Å². The van der Waals surface area contributed by atoms with Crippen LogP contribution >= 0.6 is 19.3 Å². The highest BCUT2D eigenvalue weighted by Crippen LogP contribution is 2.53. The number of aliphatic hydroxyl groups excluding tert-OH is 3. The Hall–Kier alpha value is -2.47. The van der Waals surface area contributed by atoms with E-state index in [1.807, 2.05) is 0 Å². The van der Waals surface area contributed by atoms with E-state index in [4.69, 9.17) is 29.8 Å². The molecular weight excluding hydrogens is 586 g/mol. The smallest absolute Gasteiger partial charge is 0.403 e. The molecule has 3 heterocycles. The van der Waals surface area contributed by atoms with Gasteiger partial charge in [-0.1, -0.05) is 0 Å². The average molecular weight is 615 g/mol. The third kappa shape index (κ3) is 8.28. The number of nitrogens with zero attached hydrogens (tertiary/aromatic N) is 3. The standard InChI is InChI=1S/C21H29ClFN4O12P/c22-5-1-2-6-25(8-13(29)10-28)40(35,36-11-14-3-4-18(38-14)27(33)34)37-12-17-16(30)7-19(39-17)26-9-15(23)20(31)24-21(26)32/h3-4,9,13,16-17,19,28-30H,1-2,5-8,10-12H2,(H,24,31,32). The maximum Gasteiger partial charge on any atom is 0.433 e. The molecule has 0 aromatic carbocycles. The molecule has 0 aliphatic carbocycles. The monoisotopic (exact) mass is 614 g/mol. The molecule has 0 spiro atoms. The van der Waals surface area contributed by atoms with Crippen LogP contribution in [0.5, 0.6) is 0 Å². The van der Waals surface area contributed by atoms with Crippen LogP contribution in [0, 0.1) is 15.9 Å². The highest BCUT2D eigenvalue weighted by atomic mass is 35.5. The van der Waals surface area contributed by atoms with Crippen LogP contribution in [-0.4, -0.2) is 85.0 Å². The highest BCUT2D eigenvalue weighted by molar-refractivity contribution is 7.51. The Morgan fingerprint density at radius 1 is 1.35 bits per heavy atom. The molecule has 16 nitrogen and oxygen atoms in total. The Balaban J connectivity index is 1.80. The van der Waals surface area contributed by atoms with Gasteiger partial charge in [0.25, 0.3) is 5.56 Å². The van der Waals surface area contributed by atoms with E-state index in [2.05, 4.69) is 0 Å². The molecule has 5 atom stereocenters. The Labute approximate surface area is 230 Å². The van der Waals surface area contributed by atoms with Crippen molar-refractivity contribution in [2.75, 3.05) is 32.2 Å². The average Bonchev–Trinajstić information content (AvgIpc) is 3.54. The molecule has 3 rings (SSSR count). The minimum absolute atomic E-state index is 0.0299. The van der Waals surface area contributed by atoms with E-state index >= 15 is 0 Å². The summed E-state index contributed by atoms with van der Waals surface area (Å²) in [4.78, 5) is 35.3. The first-order valence-corrected chi connectivity index (χ1v) is 14.1. The third-order valence-corrected chi connectivity index (χ3v) is 8.07. The first kappa shape index (κ1) is 32.0. The van der Waals surface area contributed by atoms with Gasteiger partial charge in [0.05, 0.1) is 37.7 Å². The van der Waals surface area contributed by atoms with Gasteiger partial charge in [-0.2, -0.15) is 4.39 Å². The molecule has 224 valence electrons. The number of alkyl halides is 1. The van der Waals surface area contributed by atoms with Crippen molar-refractivity contribution in [1.82, 2.24) is 14.2 Å². The van der Waals surface area contributed by atoms with Crippen molar-refractivity contribution in [3.63, 3.8) is 0 Å². The van der Waals surface area contributed by atoms with Gasteiger partial charge < -0.3 is 24.5 Å². The molecule has 1 aliphatic rings. The molecule has 1 saturated heterocycles. The van der Waals surface area contributed by atoms with Crippen LogP contribution in [0.25, 0.3) is 0 Å². The molecule has 0 radical (unpaired) electrons. The van der Waals surface area contributed by atoms with Crippen molar-refractivity contribution in [1.29, 1.82) is 0 Å². The van der Waals surface area contributed by atoms with Gasteiger partial charge in [-0.3, -0.25) is 33.5 Å². The number of hydrogen-bond donors (Lipinski definition) is 4. The summed E-state index contributed by atoms with van der Waals surface area (Å²) in [7, 11) is -4.39. The number of aromatic nitrogens is 2. The molecule has 2 aromatic rings. The summed E-state index contributed by atoms with van der Waals surface area (Å²) < 4.78 is 51.4. The largest absolute Gasteiger partial charge is 0.433 e. The van der Waals surface area contributed by atoms with E-state index in [0.717, 1.165) is 15.3 Å². The number of nitrogens with one attached hydrogen (secondary N) is 1. The van der Waals surface area contributed by atoms with Gasteiger partial charge in [0.1, 0.15) is 29.6 Å². The lowest BCUT2D eigenvalue weighted by Crippen LogP contribution is -2.36. The van der Waals surface area contributed by atoms with Crippen molar-refractivity contribution in [2.24, 2.45) is 0 Å². The maximum atomic E-state index is 14.0. The van der Waals surface area contributed by atoms with Gasteiger partial charge in [-0.15, -0.1) is 11.6 Å². The molecule has 5 unspecified atom stereocenters. The number of halogens is 2. The summed E-state index contributed by atoms with van der Waals surface area (Å²) in [6.07, 6.45) is -3.70. The van der Waals surface area contributed by atoms with Crippen molar-refractivity contribution in [3.05, 3.63) is 60.9 Å². The van der Waals surface area contributed by atoms with Gasteiger partial charge in [0, 0.05) is 25.4 Å². The topological polar surface area (TPSA) is 220 Å². The fourth-order valence-electron chi connectivity index (χ4n) is 3.77. The van der Waals surface area contributed by atoms with Crippen molar-refractivity contribution < 1.29 is 47.4 Å². The summed E-state index contributed by atoms with van der Waals surface area (Å²) in [5, 5.41) is 40.8. The molecule has 2 aromatic heterocycles. The maximum absolute atomic E-state index is 14.0. The Morgan fingerprint density at radius 2 is 2.10 bits per heavy atom. The SMILES string of the molecule is O=c1[nH]c(=O)n(C2CC(O)C(COP(=O)(OCc3ccc([N+](=O)[O-])o3)N(CCCCCl)CC(O)CO)O2)cc1F. The van der Waals surface area contributed by atoms with Gasteiger partial charge >= 0.3 is 19.3 Å². The zero-order chi connectivity index (χ0) is 29.4.